The second kappa shape index (κ2) is 5.60. The highest BCUT2D eigenvalue weighted by atomic mass is 16.6. The fourth-order valence-corrected chi connectivity index (χ4v) is 2.94. The summed E-state index contributed by atoms with van der Waals surface area (Å²) >= 11 is 0. The van der Waals surface area contributed by atoms with Gasteiger partial charge in [-0.15, -0.1) is 4.68 Å². The summed E-state index contributed by atoms with van der Waals surface area (Å²) in [6.45, 7) is 0. The first kappa shape index (κ1) is 14.3. The Morgan fingerprint density at radius 1 is 1.14 bits per heavy atom. The molecule has 5 nitrogen and oxygen atoms in total. The third-order valence-corrected chi connectivity index (χ3v) is 4.30. The minimum atomic E-state index is -0.369. The minimum Gasteiger partial charge on any atom is -0.258 e. The van der Waals surface area contributed by atoms with Gasteiger partial charge in [0.25, 0.3) is 5.69 Å². The lowest BCUT2D eigenvalue weighted by Gasteiger charge is -2.16. The molecule has 0 amide bonds. The van der Waals surface area contributed by atoms with E-state index in [0.717, 1.165) is 12.0 Å². The van der Waals surface area contributed by atoms with Crippen molar-refractivity contribution in [3.63, 3.8) is 0 Å². The molecule has 0 aliphatic carbocycles. The Hall–Kier alpha value is -2.69. The summed E-state index contributed by atoms with van der Waals surface area (Å²) in [5.74, 6) is 0. The van der Waals surface area contributed by atoms with Crippen LogP contribution in [0.5, 0.6) is 0 Å². The van der Waals surface area contributed by atoms with Crippen LogP contribution in [0.3, 0.4) is 0 Å². The standard InChI is InChI=1S/C17H18N3O2/c1-18-16(13-6-4-3-5-7-13)12-17(19(18)2)14-8-10-15(11-9-14)20(21)22/h3-11,16H,12H2,1-2H3/q+1. The zero-order valence-corrected chi connectivity index (χ0v) is 12.6. The number of nitro benzene ring substituents is 1. The number of nitro groups is 1. The van der Waals surface area contributed by atoms with Gasteiger partial charge in [0.1, 0.15) is 6.04 Å². The Bertz CT molecular complexity index is 723. The maximum Gasteiger partial charge on any atom is 0.269 e. The maximum absolute atomic E-state index is 10.8. The fraction of sp³-hybridized carbons (Fsp3) is 0.235. The van der Waals surface area contributed by atoms with Gasteiger partial charge in [-0.3, -0.25) is 10.1 Å². The predicted molar refractivity (Wildman–Crippen MR) is 85.0 cm³/mol. The Morgan fingerprint density at radius 3 is 2.36 bits per heavy atom. The summed E-state index contributed by atoms with van der Waals surface area (Å²) in [6.07, 6.45) is 0.884. The molecule has 2 aromatic carbocycles. The van der Waals surface area contributed by atoms with Crippen LogP contribution in [-0.4, -0.2) is 34.4 Å². The first-order chi connectivity index (χ1) is 10.6. The topological polar surface area (TPSA) is 49.4 Å². The molecule has 0 spiro atoms. The van der Waals surface area contributed by atoms with E-state index in [-0.39, 0.29) is 16.7 Å². The van der Waals surface area contributed by atoms with E-state index in [1.165, 1.54) is 11.3 Å². The summed E-state index contributed by atoms with van der Waals surface area (Å²) in [7, 11) is 4.09. The normalized spacial score (nSPS) is 17.9. The molecule has 0 fully saturated rings. The van der Waals surface area contributed by atoms with Crippen LogP contribution < -0.4 is 0 Å². The lowest BCUT2D eigenvalue weighted by molar-refractivity contribution is -0.660. The molecule has 0 aromatic heterocycles. The number of hydrogen-bond acceptors (Lipinski definition) is 3. The van der Waals surface area contributed by atoms with Gasteiger partial charge in [-0.05, 0) is 17.7 Å². The average molecular weight is 296 g/mol. The summed E-state index contributed by atoms with van der Waals surface area (Å²) in [5, 5.41) is 13.0. The van der Waals surface area contributed by atoms with Crippen molar-refractivity contribution in [3.8, 4) is 0 Å². The summed E-state index contributed by atoms with van der Waals surface area (Å²) in [6, 6.07) is 17.4. The van der Waals surface area contributed by atoms with Crippen LogP contribution in [0.4, 0.5) is 5.69 Å². The zero-order valence-electron chi connectivity index (χ0n) is 12.6. The molecule has 0 radical (unpaired) electrons. The molecular weight excluding hydrogens is 278 g/mol. The molecule has 1 heterocycles. The van der Waals surface area contributed by atoms with E-state index in [1.54, 1.807) is 12.1 Å². The molecule has 112 valence electrons. The predicted octanol–water partition coefficient (Wildman–Crippen LogP) is 3.02. The highest BCUT2D eigenvalue weighted by Crippen LogP contribution is 2.30. The molecule has 5 heteroatoms. The molecule has 1 atom stereocenters. The van der Waals surface area contributed by atoms with Crippen molar-refractivity contribution in [2.24, 2.45) is 0 Å². The third kappa shape index (κ3) is 2.45. The van der Waals surface area contributed by atoms with Crippen LogP contribution in [0.15, 0.2) is 54.6 Å². The molecule has 1 aliphatic heterocycles. The molecule has 0 bridgehead atoms. The van der Waals surface area contributed by atoms with E-state index in [4.69, 9.17) is 0 Å². The largest absolute Gasteiger partial charge is 0.269 e. The molecule has 0 saturated heterocycles. The second-order valence-corrected chi connectivity index (χ2v) is 5.48. The summed E-state index contributed by atoms with van der Waals surface area (Å²) in [5.41, 5.74) is 3.59. The molecule has 1 unspecified atom stereocenters. The van der Waals surface area contributed by atoms with Crippen LogP contribution in [0.2, 0.25) is 0 Å². The van der Waals surface area contributed by atoms with E-state index < -0.39 is 0 Å². The lowest BCUT2D eigenvalue weighted by Crippen LogP contribution is -2.27. The SMILES string of the molecule is CN1C(c2ccccc2)CC(c2ccc([N+](=O)[O-])cc2)=[N+]1C. The lowest BCUT2D eigenvalue weighted by atomic mass is 9.98. The van der Waals surface area contributed by atoms with E-state index >= 15 is 0 Å². The first-order valence-electron chi connectivity index (χ1n) is 7.20. The van der Waals surface area contributed by atoms with E-state index in [1.807, 2.05) is 37.4 Å². The molecule has 0 N–H and O–H groups in total. The molecule has 2 aromatic rings. The van der Waals surface area contributed by atoms with Gasteiger partial charge in [-0.25, -0.2) is 0 Å². The van der Waals surface area contributed by atoms with E-state index in [2.05, 4.69) is 28.9 Å². The van der Waals surface area contributed by atoms with Crippen LogP contribution in [0.25, 0.3) is 0 Å². The van der Waals surface area contributed by atoms with E-state index in [0.29, 0.717) is 0 Å². The van der Waals surface area contributed by atoms with Crippen LogP contribution in [0, 0.1) is 10.1 Å². The smallest absolute Gasteiger partial charge is 0.258 e. The van der Waals surface area contributed by atoms with Crippen molar-refractivity contribution >= 4 is 11.4 Å². The summed E-state index contributed by atoms with van der Waals surface area (Å²) in [4.78, 5) is 10.4. The zero-order chi connectivity index (χ0) is 15.7. The number of non-ortho nitro benzene ring substituents is 1. The van der Waals surface area contributed by atoms with Crippen molar-refractivity contribution in [2.45, 2.75) is 12.5 Å². The summed E-state index contributed by atoms with van der Waals surface area (Å²) < 4.78 is 2.12. The van der Waals surface area contributed by atoms with Gasteiger partial charge in [0.2, 0.25) is 5.71 Å². The van der Waals surface area contributed by atoms with Gasteiger partial charge in [0.15, 0.2) is 7.05 Å². The monoisotopic (exact) mass is 296 g/mol. The maximum atomic E-state index is 10.8. The third-order valence-electron chi connectivity index (χ3n) is 4.30. The molecule has 22 heavy (non-hydrogen) atoms. The van der Waals surface area contributed by atoms with Crippen LogP contribution >= 0.6 is 0 Å². The van der Waals surface area contributed by atoms with Gasteiger partial charge in [-0.1, -0.05) is 30.3 Å². The van der Waals surface area contributed by atoms with Gasteiger partial charge in [-0.2, -0.15) is 5.01 Å². The number of benzene rings is 2. The fourth-order valence-electron chi connectivity index (χ4n) is 2.94. The van der Waals surface area contributed by atoms with Gasteiger partial charge in [0.05, 0.1) is 18.4 Å². The van der Waals surface area contributed by atoms with Crippen molar-refractivity contribution in [3.05, 3.63) is 75.8 Å². The Kier molecular flexibility index (Phi) is 3.63. The first-order valence-corrected chi connectivity index (χ1v) is 7.20. The van der Waals surface area contributed by atoms with Crippen molar-refractivity contribution in [1.82, 2.24) is 5.01 Å². The average Bonchev–Trinajstić information content (AvgIpc) is 2.84. The number of nitrogens with zero attached hydrogens (tertiary/aromatic N) is 3. The van der Waals surface area contributed by atoms with Crippen LogP contribution in [-0.2, 0) is 0 Å². The van der Waals surface area contributed by atoms with Gasteiger partial charge >= 0.3 is 0 Å². The Morgan fingerprint density at radius 2 is 1.77 bits per heavy atom. The highest BCUT2D eigenvalue weighted by molar-refractivity contribution is 5.98. The second-order valence-electron chi connectivity index (χ2n) is 5.48. The minimum absolute atomic E-state index is 0.123. The molecular formula is C17H18N3O2+. The highest BCUT2D eigenvalue weighted by Gasteiger charge is 2.36. The van der Waals surface area contributed by atoms with E-state index in [9.17, 15) is 10.1 Å². The molecule has 3 rings (SSSR count). The van der Waals surface area contributed by atoms with Crippen molar-refractivity contribution in [1.29, 1.82) is 0 Å². The number of rotatable bonds is 3. The number of hydrazine groups is 1. The van der Waals surface area contributed by atoms with Gasteiger partial charge < -0.3 is 0 Å². The quantitative estimate of drug-likeness (QED) is 0.497. The van der Waals surface area contributed by atoms with Crippen molar-refractivity contribution < 1.29 is 9.61 Å². The molecule has 0 saturated carbocycles. The number of hydrogen-bond donors (Lipinski definition) is 0. The van der Waals surface area contributed by atoms with Gasteiger partial charge in [0, 0.05) is 17.7 Å². The van der Waals surface area contributed by atoms with Crippen molar-refractivity contribution in [2.75, 3.05) is 14.1 Å². The molecule has 1 aliphatic rings. The van der Waals surface area contributed by atoms with Crippen LogP contribution in [0.1, 0.15) is 23.6 Å². The Balaban J connectivity index is 1.90. The Labute approximate surface area is 129 Å². The number of hydrazone groups is 1.